The first-order valence-corrected chi connectivity index (χ1v) is 6.27. The molecule has 0 atom stereocenters. The fraction of sp³-hybridized carbons (Fsp3) is 0.500. The lowest BCUT2D eigenvalue weighted by Crippen LogP contribution is -2.25. The first kappa shape index (κ1) is 13.5. The van der Waals surface area contributed by atoms with Crippen LogP contribution in [0.25, 0.3) is 0 Å². The van der Waals surface area contributed by atoms with Crippen LogP contribution in [0.15, 0.2) is 22.7 Å². The maximum absolute atomic E-state index is 9.32. The van der Waals surface area contributed by atoms with Crippen LogP contribution in [0, 0.1) is 0 Å². The molecular formula is C12H18BrNO2. The summed E-state index contributed by atoms with van der Waals surface area (Å²) in [5, 5.41) is 18.2. The van der Waals surface area contributed by atoms with E-state index in [1.807, 2.05) is 18.2 Å². The van der Waals surface area contributed by atoms with Gasteiger partial charge in [-0.1, -0.05) is 15.9 Å². The average molecular weight is 288 g/mol. The topological polar surface area (TPSA) is 43.7 Å². The summed E-state index contributed by atoms with van der Waals surface area (Å²) in [7, 11) is 0. The van der Waals surface area contributed by atoms with Crippen LogP contribution in [0.3, 0.4) is 0 Å². The van der Waals surface area contributed by atoms with Gasteiger partial charge in [0.15, 0.2) is 0 Å². The molecule has 2 N–H and O–H groups in total. The Kier molecular flexibility index (Phi) is 5.80. The monoisotopic (exact) mass is 287 g/mol. The number of hydrogen-bond donors (Lipinski definition) is 2. The third-order valence-electron chi connectivity index (χ3n) is 2.52. The molecule has 0 bridgehead atoms. The standard InChI is InChI=1S/C12H18BrNO2/c1-2-14(6-3-7-15)12-5-4-11(13)8-10(12)9-16/h4-5,8,15-16H,2-3,6-7,9H2,1H3. The van der Waals surface area contributed by atoms with E-state index in [4.69, 9.17) is 5.11 Å². The largest absolute Gasteiger partial charge is 0.396 e. The van der Waals surface area contributed by atoms with E-state index in [2.05, 4.69) is 27.8 Å². The molecule has 0 heterocycles. The molecule has 0 saturated carbocycles. The van der Waals surface area contributed by atoms with Crippen molar-refractivity contribution < 1.29 is 10.2 Å². The third-order valence-corrected chi connectivity index (χ3v) is 3.01. The van der Waals surface area contributed by atoms with Crippen LogP contribution in [0.4, 0.5) is 5.69 Å². The van der Waals surface area contributed by atoms with Crippen molar-refractivity contribution in [3.05, 3.63) is 28.2 Å². The molecule has 0 amide bonds. The second kappa shape index (κ2) is 6.89. The van der Waals surface area contributed by atoms with E-state index in [-0.39, 0.29) is 13.2 Å². The van der Waals surface area contributed by atoms with Crippen molar-refractivity contribution in [3.8, 4) is 0 Å². The Morgan fingerprint density at radius 2 is 2.06 bits per heavy atom. The van der Waals surface area contributed by atoms with Crippen LogP contribution in [-0.4, -0.2) is 29.9 Å². The second-order valence-corrected chi connectivity index (χ2v) is 4.50. The first-order valence-electron chi connectivity index (χ1n) is 5.48. The summed E-state index contributed by atoms with van der Waals surface area (Å²) in [6, 6.07) is 5.89. The molecule has 1 aromatic rings. The van der Waals surface area contributed by atoms with Gasteiger partial charge in [0, 0.05) is 35.4 Å². The zero-order chi connectivity index (χ0) is 12.0. The quantitative estimate of drug-likeness (QED) is 0.843. The van der Waals surface area contributed by atoms with Crippen LogP contribution < -0.4 is 4.90 Å². The van der Waals surface area contributed by atoms with Gasteiger partial charge >= 0.3 is 0 Å². The molecule has 0 radical (unpaired) electrons. The van der Waals surface area contributed by atoms with Gasteiger partial charge in [-0.2, -0.15) is 0 Å². The summed E-state index contributed by atoms with van der Waals surface area (Å²) in [6.45, 7) is 3.97. The number of benzene rings is 1. The van der Waals surface area contributed by atoms with Crippen molar-refractivity contribution >= 4 is 21.6 Å². The Morgan fingerprint density at radius 3 is 2.62 bits per heavy atom. The molecule has 4 heteroatoms. The number of aliphatic hydroxyl groups excluding tert-OH is 2. The van der Waals surface area contributed by atoms with Gasteiger partial charge in [0.2, 0.25) is 0 Å². The van der Waals surface area contributed by atoms with E-state index in [0.29, 0.717) is 0 Å². The molecule has 0 spiro atoms. The minimum Gasteiger partial charge on any atom is -0.396 e. The second-order valence-electron chi connectivity index (χ2n) is 3.59. The summed E-state index contributed by atoms with van der Waals surface area (Å²) in [6.07, 6.45) is 0.745. The first-order chi connectivity index (χ1) is 7.72. The highest BCUT2D eigenvalue weighted by Gasteiger charge is 2.09. The van der Waals surface area contributed by atoms with E-state index in [9.17, 15) is 5.11 Å². The smallest absolute Gasteiger partial charge is 0.0702 e. The predicted octanol–water partition coefficient (Wildman–Crippen LogP) is 2.15. The minimum atomic E-state index is 0.0321. The molecule has 0 aromatic heterocycles. The minimum absolute atomic E-state index is 0.0321. The predicted molar refractivity (Wildman–Crippen MR) is 69.7 cm³/mol. The summed E-state index contributed by atoms with van der Waals surface area (Å²) in [4.78, 5) is 2.16. The van der Waals surface area contributed by atoms with Crippen LogP contribution in [0.1, 0.15) is 18.9 Å². The molecule has 0 saturated heterocycles. The van der Waals surface area contributed by atoms with Gasteiger partial charge in [0.25, 0.3) is 0 Å². The summed E-state index contributed by atoms with van der Waals surface area (Å²) < 4.78 is 0.971. The number of nitrogens with zero attached hydrogens (tertiary/aromatic N) is 1. The maximum atomic E-state index is 9.32. The molecule has 90 valence electrons. The van der Waals surface area contributed by atoms with Gasteiger partial charge in [-0.25, -0.2) is 0 Å². The zero-order valence-electron chi connectivity index (χ0n) is 9.49. The van der Waals surface area contributed by atoms with Crippen molar-refractivity contribution in [1.82, 2.24) is 0 Å². The van der Waals surface area contributed by atoms with E-state index < -0.39 is 0 Å². The third kappa shape index (κ3) is 3.47. The maximum Gasteiger partial charge on any atom is 0.0702 e. The molecule has 1 aromatic carbocycles. The van der Waals surface area contributed by atoms with Crippen molar-refractivity contribution in [2.75, 3.05) is 24.6 Å². The van der Waals surface area contributed by atoms with Gasteiger partial charge in [0.05, 0.1) is 6.61 Å². The Balaban J connectivity index is 2.90. The molecule has 0 aliphatic carbocycles. The SMILES string of the molecule is CCN(CCCO)c1ccc(Br)cc1CO. The van der Waals surface area contributed by atoms with E-state index in [1.54, 1.807) is 0 Å². The summed E-state index contributed by atoms with van der Waals surface area (Å²) >= 11 is 3.39. The molecule has 0 aliphatic rings. The molecule has 16 heavy (non-hydrogen) atoms. The van der Waals surface area contributed by atoms with Crippen LogP contribution >= 0.6 is 15.9 Å². The normalized spacial score (nSPS) is 10.5. The van der Waals surface area contributed by atoms with Gasteiger partial charge in [0.1, 0.15) is 0 Å². The average Bonchev–Trinajstić information content (AvgIpc) is 2.31. The van der Waals surface area contributed by atoms with Crippen molar-refractivity contribution in [2.45, 2.75) is 20.0 Å². The number of aliphatic hydroxyl groups is 2. The van der Waals surface area contributed by atoms with E-state index in [0.717, 1.165) is 35.2 Å². The van der Waals surface area contributed by atoms with E-state index >= 15 is 0 Å². The summed E-state index contributed by atoms with van der Waals surface area (Å²) in [5.74, 6) is 0. The van der Waals surface area contributed by atoms with Crippen molar-refractivity contribution in [2.24, 2.45) is 0 Å². The van der Waals surface area contributed by atoms with Gasteiger partial charge in [-0.05, 0) is 31.5 Å². The van der Waals surface area contributed by atoms with Gasteiger partial charge in [-0.3, -0.25) is 0 Å². The number of hydrogen-bond acceptors (Lipinski definition) is 3. The fourth-order valence-electron chi connectivity index (χ4n) is 1.70. The summed E-state index contributed by atoms with van der Waals surface area (Å²) in [5.41, 5.74) is 1.95. The van der Waals surface area contributed by atoms with Gasteiger partial charge < -0.3 is 15.1 Å². The Hall–Kier alpha value is -0.580. The molecule has 3 nitrogen and oxygen atoms in total. The highest BCUT2D eigenvalue weighted by molar-refractivity contribution is 9.10. The molecule has 0 fully saturated rings. The highest BCUT2D eigenvalue weighted by Crippen LogP contribution is 2.24. The van der Waals surface area contributed by atoms with Gasteiger partial charge in [-0.15, -0.1) is 0 Å². The fourth-order valence-corrected chi connectivity index (χ4v) is 2.11. The lowest BCUT2D eigenvalue weighted by molar-refractivity contribution is 0.281. The number of rotatable bonds is 6. The Morgan fingerprint density at radius 1 is 1.31 bits per heavy atom. The van der Waals surface area contributed by atoms with Crippen LogP contribution in [-0.2, 0) is 6.61 Å². The lowest BCUT2D eigenvalue weighted by Gasteiger charge is -2.25. The van der Waals surface area contributed by atoms with Crippen molar-refractivity contribution in [3.63, 3.8) is 0 Å². The molecule has 1 rings (SSSR count). The van der Waals surface area contributed by atoms with Crippen molar-refractivity contribution in [1.29, 1.82) is 0 Å². The molecule has 0 unspecified atom stereocenters. The molecule has 0 aliphatic heterocycles. The Labute approximate surface area is 105 Å². The number of anilines is 1. The molecular weight excluding hydrogens is 270 g/mol. The Bertz CT molecular complexity index is 331. The van der Waals surface area contributed by atoms with E-state index in [1.165, 1.54) is 0 Å². The van der Waals surface area contributed by atoms with Crippen LogP contribution in [0.5, 0.6) is 0 Å². The lowest BCUT2D eigenvalue weighted by atomic mass is 10.1. The highest BCUT2D eigenvalue weighted by atomic mass is 79.9. The number of halogens is 1. The zero-order valence-corrected chi connectivity index (χ0v) is 11.1. The van der Waals surface area contributed by atoms with Crippen LogP contribution in [0.2, 0.25) is 0 Å².